The summed E-state index contributed by atoms with van der Waals surface area (Å²) in [5, 5.41) is 9.61. The lowest BCUT2D eigenvalue weighted by Gasteiger charge is -2.12. The quantitative estimate of drug-likeness (QED) is 0.462. The highest BCUT2D eigenvalue weighted by Gasteiger charge is 2.11. The second-order valence-electron chi connectivity index (χ2n) is 7.19. The van der Waals surface area contributed by atoms with Gasteiger partial charge in [0.1, 0.15) is 5.82 Å². The van der Waals surface area contributed by atoms with Crippen LogP contribution < -0.4 is 10.6 Å². The highest BCUT2D eigenvalue weighted by molar-refractivity contribution is 7.89. The Hall–Kier alpha value is -2.00. The Morgan fingerprint density at radius 3 is 2.66 bits per heavy atom. The minimum absolute atomic E-state index is 0.135. The molecule has 0 atom stereocenters. The largest absolute Gasteiger partial charge is 0.357 e. The van der Waals surface area contributed by atoms with E-state index in [4.69, 9.17) is 0 Å². The number of aliphatic imine (C=N–C) groups is 1. The summed E-state index contributed by atoms with van der Waals surface area (Å²) in [6.45, 7) is 7.74. The summed E-state index contributed by atoms with van der Waals surface area (Å²) in [6.07, 6.45) is 1.94. The predicted octanol–water partition coefficient (Wildman–Crippen LogP) is 3.25. The highest BCUT2D eigenvalue weighted by Crippen LogP contribution is 2.19. The maximum atomic E-state index is 13.7. The zero-order chi connectivity index (χ0) is 21.4. The summed E-state index contributed by atoms with van der Waals surface area (Å²) in [5.74, 6) is 0.480. The molecule has 0 saturated carbocycles. The molecule has 0 unspecified atom stereocenters. The molecule has 29 heavy (non-hydrogen) atoms. The third-order valence-electron chi connectivity index (χ3n) is 4.07. The van der Waals surface area contributed by atoms with Crippen LogP contribution in [-0.2, 0) is 28.6 Å². The average molecular weight is 441 g/mol. The Bertz CT molecular complexity index is 940. The molecule has 0 aliphatic rings. The summed E-state index contributed by atoms with van der Waals surface area (Å²) >= 11 is 1.67. The van der Waals surface area contributed by atoms with Crippen molar-refractivity contribution in [2.75, 3.05) is 19.3 Å². The maximum absolute atomic E-state index is 13.7. The first-order valence-corrected chi connectivity index (χ1v) is 12.5. The van der Waals surface area contributed by atoms with Gasteiger partial charge in [-0.1, -0.05) is 19.9 Å². The van der Waals surface area contributed by atoms with Crippen molar-refractivity contribution in [1.82, 2.24) is 15.6 Å². The van der Waals surface area contributed by atoms with E-state index in [1.807, 2.05) is 6.92 Å². The lowest BCUT2D eigenvalue weighted by molar-refractivity contribution is 0.600. The van der Waals surface area contributed by atoms with Crippen molar-refractivity contribution < 1.29 is 12.8 Å². The molecule has 2 rings (SSSR count). The van der Waals surface area contributed by atoms with Crippen molar-refractivity contribution in [3.8, 4) is 0 Å². The van der Waals surface area contributed by atoms with E-state index in [9.17, 15) is 12.8 Å². The molecular weight excluding hydrogens is 411 g/mol. The molecule has 1 aromatic heterocycles. The molecule has 0 bridgehead atoms. The molecule has 1 heterocycles. The first-order valence-electron chi connectivity index (χ1n) is 9.59. The average Bonchev–Trinajstić information content (AvgIpc) is 3.10. The molecule has 0 spiro atoms. The number of sulfone groups is 1. The fraction of sp³-hybridized carbons (Fsp3) is 0.500. The fourth-order valence-electron chi connectivity index (χ4n) is 2.68. The van der Waals surface area contributed by atoms with Gasteiger partial charge in [-0.25, -0.2) is 22.8 Å². The Kier molecular flexibility index (Phi) is 8.58. The van der Waals surface area contributed by atoms with Gasteiger partial charge >= 0.3 is 0 Å². The van der Waals surface area contributed by atoms with Gasteiger partial charge in [0.2, 0.25) is 0 Å². The van der Waals surface area contributed by atoms with E-state index in [0.29, 0.717) is 36.1 Å². The Morgan fingerprint density at radius 1 is 1.28 bits per heavy atom. The number of halogens is 1. The van der Waals surface area contributed by atoms with Gasteiger partial charge in [-0.3, -0.25) is 0 Å². The van der Waals surface area contributed by atoms with Crippen molar-refractivity contribution in [3.05, 3.63) is 51.2 Å². The number of thiazole rings is 1. The Labute approximate surface area is 176 Å². The number of benzene rings is 1. The first kappa shape index (κ1) is 23.3. The molecule has 0 amide bonds. The second kappa shape index (κ2) is 10.7. The molecule has 0 radical (unpaired) electrons. The van der Waals surface area contributed by atoms with Gasteiger partial charge in [0.25, 0.3) is 0 Å². The Balaban J connectivity index is 2.03. The van der Waals surface area contributed by atoms with Crippen LogP contribution in [0.3, 0.4) is 0 Å². The lowest BCUT2D eigenvalue weighted by Crippen LogP contribution is -2.38. The number of aromatic nitrogens is 1. The molecule has 0 saturated heterocycles. The number of guanidine groups is 1. The van der Waals surface area contributed by atoms with Crippen LogP contribution >= 0.6 is 11.3 Å². The van der Waals surface area contributed by atoms with E-state index in [-0.39, 0.29) is 12.3 Å². The van der Waals surface area contributed by atoms with Gasteiger partial charge in [-0.05, 0) is 30.2 Å². The van der Waals surface area contributed by atoms with Crippen molar-refractivity contribution in [2.45, 2.75) is 45.4 Å². The zero-order valence-electron chi connectivity index (χ0n) is 17.3. The molecule has 160 valence electrons. The van der Waals surface area contributed by atoms with Crippen LogP contribution in [0.2, 0.25) is 0 Å². The van der Waals surface area contributed by atoms with Crippen LogP contribution in [0.4, 0.5) is 4.39 Å². The van der Waals surface area contributed by atoms with Crippen molar-refractivity contribution in [2.24, 2.45) is 4.99 Å². The monoisotopic (exact) mass is 440 g/mol. The van der Waals surface area contributed by atoms with Gasteiger partial charge in [-0.2, -0.15) is 0 Å². The summed E-state index contributed by atoms with van der Waals surface area (Å²) < 4.78 is 36.9. The van der Waals surface area contributed by atoms with E-state index in [1.165, 1.54) is 18.2 Å². The van der Waals surface area contributed by atoms with Crippen molar-refractivity contribution in [1.29, 1.82) is 0 Å². The SMILES string of the molecule is CCNC(=NCc1cc(F)ccc1CS(C)(=O)=O)NCCc1csc(C(C)C)n1. The minimum atomic E-state index is -3.22. The second-order valence-corrected chi connectivity index (χ2v) is 10.2. The summed E-state index contributed by atoms with van der Waals surface area (Å²) in [4.78, 5) is 9.12. The first-order chi connectivity index (χ1) is 13.7. The number of rotatable bonds is 9. The number of nitrogens with zero attached hydrogens (tertiary/aromatic N) is 2. The Morgan fingerprint density at radius 2 is 2.03 bits per heavy atom. The van der Waals surface area contributed by atoms with E-state index >= 15 is 0 Å². The molecule has 9 heteroatoms. The molecule has 6 nitrogen and oxygen atoms in total. The fourth-order valence-corrected chi connectivity index (χ4v) is 4.40. The smallest absolute Gasteiger partial charge is 0.191 e. The molecular formula is C20H29FN4O2S2. The summed E-state index contributed by atoms with van der Waals surface area (Å²) in [6, 6.07) is 4.13. The van der Waals surface area contributed by atoms with E-state index in [1.54, 1.807) is 11.3 Å². The molecule has 0 aliphatic heterocycles. The minimum Gasteiger partial charge on any atom is -0.357 e. The lowest BCUT2D eigenvalue weighted by atomic mass is 10.1. The molecule has 1 aromatic carbocycles. The van der Waals surface area contributed by atoms with E-state index in [0.717, 1.165) is 23.4 Å². The standard InChI is InChI=1S/C20H29FN4O2S2/c1-5-22-20(23-9-8-18-12-28-19(25-18)14(2)3)24-11-16-10-17(21)7-6-15(16)13-29(4,26)27/h6-7,10,12,14H,5,8-9,11,13H2,1-4H3,(H2,22,23,24). The van der Waals surface area contributed by atoms with Gasteiger partial charge in [0.05, 0.1) is 23.0 Å². The van der Waals surface area contributed by atoms with Crippen molar-refractivity contribution in [3.63, 3.8) is 0 Å². The van der Waals surface area contributed by atoms with E-state index in [2.05, 4.69) is 39.8 Å². The third kappa shape index (κ3) is 8.10. The summed E-state index contributed by atoms with van der Waals surface area (Å²) in [5.41, 5.74) is 2.17. The van der Waals surface area contributed by atoms with E-state index < -0.39 is 15.7 Å². The van der Waals surface area contributed by atoms with Crippen LogP contribution in [0.5, 0.6) is 0 Å². The summed E-state index contributed by atoms with van der Waals surface area (Å²) in [7, 11) is -3.22. The zero-order valence-corrected chi connectivity index (χ0v) is 19.0. The van der Waals surface area contributed by atoms with Gasteiger partial charge in [0.15, 0.2) is 15.8 Å². The van der Waals surface area contributed by atoms with Crippen LogP contribution in [0, 0.1) is 5.82 Å². The topological polar surface area (TPSA) is 83.5 Å². The van der Waals surface area contributed by atoms with Crippen LogP contribution in [0.1, 0.15) is 48.5 Å². The molecule has 2 N–H and O–H groups in total. The van der Waals surface area contributed by atoms with Gasteiger partial charge < -0.3 is 10.6 Å². The molecule has 0 aliphatic carbocycles. The maximum Gasteiger partial charge on any atom is 0.191 e. The molecule has 2 aromatic rings. The normalized spacial score (nSPS) is 12.4. The van der Waals surface area contributed by atoms with Gasteiger partial charge in [0, 0.05) is 37.1 Å². The van der Waals surface area contributed by atoms with Crippen LogP contribution in [0.15, 0.2) is 28.6 Å². The number of hydrogen-bond acceptors (Lipinski definition) is 5. The van der Waals surface area contributed by atoms with Crippen LogP contribution in [-0.4, -0.2) is 38.7 Å². The number of nitrogens with one attached hydrogen (secondary N) is 2. The van der Waals surface area contributed by atoms with Crippen LogP contribution in [0.25, 0.3) is 0 Å². The highest BCUT2D eigenvalue weighted by atomic mass is 32.2. The van der Waals surface area contributed by atoms with Gasteiger partial charge in [-0.15, -0.1) is 11.3 Å². The van der Waals surface area contributed by atoms with Crippen molar-refractivity contribution >= 4 is 27.1 Å². The third-order valence-corrected chi connectivity index (χ3v) is 6.10. The molecule has 0 fully saturated rings. The number of hydrogen-bond donors (Lipinski definition) is 2. The predicted molar refractivity (Wildman–Crippen MR) is 118 cm³/mol.